The number of amides is 1. The van der Waals surface area contributed by atoms with E-state index in [1.807, 2.05) is 36.4 Å². The fourth-order valence-corrected chi connectivity index (χ4v) is 4.33. The van der Waals surface area contributed by atoms with E-state index in [0.29, 0.717) is 48.9 Å². The van der Waals surface area contributed by atoms with E-state index in [1.165, 1.54) is 0 Å². The highest BCUT2D eigenvalue weighted by molar-refractivity contribution is 7.90. The van der Waals surface area contributed by atoms with Crippen LogP contribution >= 0.6 is 0 Å². The second-order valence-corrected chi connectivity index (χ2v) is 9.68. The molecule has 1 N–H and O–H groups in total. The van der Waals surface area contributed by atoms with Gasteiger partial charge >= 0.3 is 0 Å². The third-order valence-electron chi connectivity index (χ3n) is 5.56. The molecule has 0 unspecified atom stereocenters. The van der Waals surface area contributed by atoms with Gasteiger partial charge in [0.15, 0.2) is 0 Å². The maximum absolute atomic E-state index is 13.4. The summed E-state index contributed by atoms with van der Waals surface area (Å²) in [6, 6.07) is 14.8. The topological polar surface area (TPSA) is 105 Å². The molecule has 174 valence electrons. The zero-order chi connectivity index (χ0) is 23.6. The molecule has 0 spiro atoms. The van der Waals surface area contributed by atoms with E-state index in [-0.39, 0.29) is 16.8 Å². The number of sulfone groups is 1. The molecule has 0 saturated carbocycles. The minimum absolute atomic E-state index is 0.179. The number of carbonyl (C=O) groups is 1. The molecule has 3 aromatic rings. The lowest BCUT2D eigenvalue weighted by atomic mass is 10.1. The van der Waals surface area contributed by atoms with E-state index >= 15 is 0 Å². The lowest BCUT2D eigenvalue weighted by Gasteiger charge is -2.36. The van der Waals surface area contributed by atoms with Gasteiger partial charge in [-0.05, 0) is 0 Å². The van der Waals surface area contributed by atoms with Gasteiger partial charge in [-0.3, -0.25) is 4.79 Å². The predicted octanol–water partition coefficient (Wildman–Crippen LogP) is 2.46. The molecule has 1 aromatic heterocycles. The van der Waals surface area contributed by atoms with E-state index in [4.69, 9.17) is 9.47 Å². The Morgan fingerprint density at radius 2 is 1.58 bits per heavy atom. The Kier molecular flexibility index (Phi) is 6.28. The molecule has 1 saturated heterocycles. The van der Waals surface area contributed by atoms with Gasteiger partial charge in [-0.1, -0.05) is 30.3 Å². The standard InChI is InChI=1S/C23H26N4O5S/c1-31-18-13-17(14-19(15-18)32-2)26-9-11-27(12-10-26)22(28)21-20(16-7-5-4-6-8-16)24-23(25-21)33(3,29)30/h4-8,13-15H,9-12H2,1-3H3,(H,24,25). The van der Waals surface area contributed by atoms with Gasteiger partial charge in [0.25, 0.3) is 5.91 Å². The van der Waals surface area contributed by atoms with Crippen LogP contribution in [0.4, 0.5) is 5.69 Å². The number of benzene rings is 2. The highest BCUT2D eigenvalue weighted by Crippen LogP contribution is 2.30. The zero-order valence-electron chi connectivity index (χ0n) is 18.7. The van der Waals surface area contributed by atoms with Crippen LogP contribution in [0.25, 0.3) is 11.3 Å². The second-order valence-electron chi connectivity index (χ2n) is 7.75. The molecule has 1 amide bonds. The largest absolute Gasteiger partial charge is 0.497 e. The van der Waals surface area contributed by atoms with Crippen molar-refractivity contribution in [2.75, 3.05) is 51.6 Å². The van der Waals surface area contributed by atoms with Crippen LogP contribution in [0, 0.1) is 0 Å². The average Bonchev–Trinajstić information content (AvgIpc) is 3.30. The molecule has 10 heteroatoms. The predicted molar refractivity (Wildman–Crippen MR) is 125 cm³/mol. The zero-order valence-corrected chi connectivity index (χ0v) is 19.6. The number of nitrogens with one attached hydrogen (secondary N) is 1. The van der Waals surface area contributed by atoms with E-state index in [1.54, 1.807) is 31.3 Å². The number of aromatic amines is 1. The third-order valence-corrected chi connectivity index (χ3v) is 6.46. The molecule has 9 nitrogen and oxygen atoms in total. The van der Waals surface area contributed by atoms with Crippen molar-refractivity contribution in [3.8, 4) is 22.8 Å². The number of aromatic nitrogens is 2. The highest BCUT2D eigenvalue weighted by atomic mass is 32.2. The van der Waals surface area contributed by atoms with Crippen LogP contribution in [-0.2, 0) is 9.84 Å². The minimum Gasteiger partial charge on any atom is -0.497 e. The van der Waals surface area contributed by atoms with Crippen LogP contribution in [0.1, 0.15) is 10.5 Å². The van der Waals surface area contributed by atoms with Crippen LogP contribution in [0.3, 0.4) is 0 Å². The number of nitrogens with zero attached hydrogens (tertiary/aromatic N) is 3. The Morgan fingerprint density at radius 3 is 2.12 bits per heavy atom. The third kappa shape index (κ3) is 4.80. The molecule has 0 aliphatic carbocycles. The number of methoxy groups -OCH3 is 2. The lowest BCUT2D eigenvalue weighted by molar-refractivity contribution is 0.0742. The molecular formula is C23H26N4O5S. The highest BCUT2D eigenvalue weighted by Gasteiger charge is 2.29. The number of H-pyrrole nitrogens is 1. The number of carbonyl (C=O) groups excluding carboxylic acids is 1. The minimum atomic E-state index is -3.60. The summed E-state index contributed by atoms with van der Waals surface area (Å²) in [7, 11) is -0.393. The Morgan fingerprint density at radius 1 is 0.970 bits per heavy atom. The average molecular weight is 471 g/mol. The van der Waals surface area contributed by atoms with Gasteiger partial charge in [0, 0.05) is 61.9 Å². The molecule has 0 atom stereocenters. The Labute approximate surface area is 192 Å². The summed E-state index contributed by atoms with van der Waals surface area (Å²) in [4.78, 5) is 24.2. The van der Waals surface area contributed by atoms with Gasteiger partial charge in [0.05, 0.1) is 14.2 Å². The van der Waals surface area contributed by atoms with Crippen molar-refractivity contribution in [3.63, 3.8) is 0 Å². The summed E-state index contributed by atoms with van der Waals surface area (Å²) < 4.78 is 34.9. The number of hydrogen-bond donors (Lipinski definition) is 1. The van der Waals surface area contributed by atoms with Crippen LogP contribution in [0.15, 0.2) is 53.7 Å². The Balaban J connectivity index is 1.57. The van der Waals surface area contributed by atoms with Crippen LogP contribution in [0.2, 0.25) is 0 Å². The quantitative estimate of drug-likeness (QED) is 0.590. The molecule has 0 radical (unpaired) electrons. The van der Waals surface area contributed by atoms with Crippen molar-refractivity contribution in [3.05, 3.63) is 54.2 Å². The monoisotopic (exact) mass is 470 g/mol. The van der Waals surface area contributed by atoms with Crippen LogP contribution < -0.4 is 14.4 Å². The second kappa shape index (κ2) is 9.14. The van der Waals surface area contributed by atoms with Crippen LogP contribution in [-0.4, -0.2) is 75.8 Å². The molecule has 2 heterocycles. The summed E-state index contributed by atoms with van der Waals surface area (Å²) >= 11 is 0. The summed E-state index contributed by atoms with van der Waals surface area (Å²) in [6.07, 6.45) is 1.07. The fraction of sp³-hybridized carbons (Fsp3) is 0.304. The number of ether oxygens (including phenoxy) is 2. The Bertz CT molecular complexity index is 1230. The van der Waals surface area contributed by atoms with E-state index in [9.17, 15) is 13.2 Å². The van der Waals surface area contributed by atoms with Crippen molar-refractivity contribution in [1.82, 2.24) is 14.9 Å². The first kappa shape index (κ1) is 22.7. The van der Waals surface area contributed by atoms with Gasteiger partial charge in [-0.2, -0.15) is 0 Å². The summed E-state index contributed by atoms with van der Waals surface area (Å²) in [5.41, 5.74) is 2.14. The first-order valence-electron chi connectivity index (χ1n) is 10.4. The molecule has 0 bridgehead atoms. The lowest BCUT2D eigenvalue weighted by Crippen LogP contribution is -2.49. The molecule has 1 aliphatic rings. The van der Waals surface area contributed by atoms with Crippen molar-refractivity contribution in [2.24, 2.45) is 0 Å². The maximum Gasteiger partial charge on any atom is 0.272 e. The Hall–Kier alpha value is -3.53. The van der Waals surface area contributed by atoms with Crippen LogP contribution in [0.5, 0.6) is 11.5 Å². The SMILES string of the molecule is COc1cc(OC)cc(N2CCN(C(=O)c3[nH]c(S(C)(=O)=O)nc3-c3ccccc3)CC2)c1. The van der Waals surface area contributed by atoms with E-state index in [2.05, 4.69) is 14.9 Å². The number of piperazine rings is 1. The number of anilines is 1. The first-order chi connectivity index (χ1) is 15.8. The van der Waals surface area contributed by atoms with Gasteiger partial charge in [-0.25, -0.2) is 13.4 Å². The van der Waals surface area contributed by atoms with E-state index < -0.39 is 9.84 Å². The number of rotatable bonds is 6. The van der Waals surface area contributed by atoms with Gasteiger partial charge < -0.3 is 24.3 Å². The fourth-order valence-electron chi connectivity index (χ4n) is 3.79. The van der Waals surface area contributed by atoms with Gasteiger partial charge in [0.2, 0.25) is 15.0 Å². The van der Waals surface area contributed by atoms with E-state index in [0.717, 1.165) is 11.9 Å². The van der Waals surface area contributed by atoms with Crippen molar-refractivity contribution < 1.29 is 22.7 Å². The van der Waals surface area contributed by atoms with Crippen molar-refractivity contribution in [2.45, 2.75) is 5.16 Å². The van der Waals surface area contributed by atoms with Crippen molar-refractivity contribution >= 4 is 21.4 Å². The summed E-state index contributed by atoms with van der Waals surface area (Å²) in [5.74, 6) is 1.11. The molecule has 33 heavy (non-hydrogen) atoms. The molecular weight excluding hydrogens is 444 g/mol. The van der Waals surface area contributed by atoms with Gasteiger partial charge in [-0.15, -0.1) is 0 Å². The molecule has 1 fully saturated rings. The molecule has 1 aliphatic heterocycles. The summed E-state index contributed by atoms with van der Waals surface area (Å²) in [6.45, 7) is 2.16. The maximum atomic E-state index is 13.4. The number of imidazole rings is 1. The first-order valence-corrected chi connectivity index (χ1v) is 12.3. The molecule has 4 rings (SSSR count). The number of hydrogen-bond acceptors (Lipinski definition) is 7. The normalized spacial score (nSPS) is 14.3. The van der Waals surface area contributed by atoms with Crippen molar-refractivity contribution in [1.29, 1.82) is 0 Å². The molecule has 2 aromatic carbocycles. The smallest absolute Gasteiger partial charge is 0.272 e. The van der Waals surface area contributed by atoms with Gasteiger partial charge in [0.1, 0.15) is 22.9 Å². The summed E-state index contributed by atoms with van der Waals surface area (Å²) in [5, 5.41) is -0.216.